The summed E-state index contributed by atoms with van der Waals surface area (Å²) in [7, 11) is 0. The third-order valence-electron chi connectivity index (χ3n) is 6.14. The molecule has 2 heterocycles. The highest BCUT2D eigenvalue weighted by Gasteiger charge is 2.31. The second kappa shape index (κ2) is 9.20. The Hall–Kier alpha value is -3.62. The zero-order chi connectivity index (χ0) is 24.6. The number of aromatic nitrogens is 2. The molecule has 1 atom stereocenters. The molecule has 6 nitrogen and oxygen atoms in total. The molecule has 0 amide bonds. The van der Waals surface area contributed by atoms with Gasteiger partial charge in [-0.05, 0) is 73.9 Å². The summed E-state index contributed by atoms with van der Waals surface area (Å²) >= 11 is 0. The zero-order valence-electron chi connectivity index (χ0n) is 19.4. The molecule has 0 radical (unpaired) electrons. The van der Waals surface area contributed by atoms with Gasteiger partial charge in [0.05, 0.1) is 17.8 Å². The van der Waals surface area contributed by atoms with Crippen LogP contribution in [-0.4, -0.2) is 28.5 Å². The summed E-state index contributed by atoms with van der Waals surface area (Å²) in [6, 6.07) is 11.2. The van der Waals surface area contributed by atoms with Gasteiger partial charge in [0.2, 0.25) is 0 Å². The number of rotatable bonds is 6. The number of benzene rings is 2. The van der Waals surface area contributed by atoms with Crippen LogP contribution in [-0.2, 0) is 17.4 Å². The van der Waals surface area contributed by atoms with Crippen LogP contribution in [0.5, 0.6) is 11.5 Å². The topological polar surface area (TPSA) is 68.6 Å². The van der Waals surface area contributed by atoms with E-state index in [4.69, 9.17) is 9.57 Å². The summed E-state index contributed by atoms with van der Waals surface area (Å²) in [5.74, 6) is 1.72. The molecule has 182 valence electrons. The van der Waals surface area contributed by atoms with Crippen LogP contribution < -0.4 is 10.1 Å². The molecule has 1 N–H and O–H groups in total. The molecule has 3 aromatic rings. The molecule has 1 fully saturated rings. The van der Waals surface area contributed by atoms with Crippen LogP contribution in [0.15, 0.2) is 53.8 Å². The van der Waals surface area contributed by atoms with Crippen LogP contribution >= 0.6 is 0 Å². The first-order valence-corrected chi connectivity index (χ1v) is 11.5. The van der Waals surface area contributed by atoms with E-state index in [-0.39, 0.29) is 17.5 Å². The molecular formula is C26H25F3N4O2. The van der Waals surface area contributed by atoms with E-state index in [2.05, 4.69) is 45.6 Å². The van der Waals surface area contributed by atoms with Gasteiger partial charge in [-0.25, -0.2) is 9.97 Å². The predicted molar refractivity (Wildman–Crippen MR) is 125 cm³/mol. The van der Waals surface area contributed by atoms with Crippen LogP contribution in [0.3, 0.4) is 0 Å². The van der Waals surface area contributed by atoms with Crippen LogP contribution in [0, 0.1) is 13.8 Å². The summed E-state index contributed by atoms with van der Waals surface area (Å²) in [5, 5.41) is 7.47. The summed E-state index contributed by atoms with van der Waals surface area (Å²) in [6.45, 7) is 4.21. The Labute approximate surface area is 201 Å². The minimum Gasteiger partial charge on any atom is -0.453 e. The highest BCUT2D eigenvalue weighted by molar-refractivity contribution is 5.99. The van der Waals surface area contributed by atoms with Gasteiger partial charge in [0.1, 0.15) is 18.2 Å². The minimum absolute atomic E-state index is 0.0220. The number of oxime groups is 1. The van der Waals surface area contributed by atoms with Gasteiger partial charge < -0.3 is 14.9 Å². The van der Waals surface area contributed by atoms with Crippen LogP contribution in [0.25, 0.3) is 0 Å². The highest BCUT2D eigenvalue weighted by atomic mass is 19.4. The Balaban J connectivity index is 1.35. The van der Waals surface area contributed by atoms with Crippen molar-refractivity contribution < 1.29 is 22.7 Å². The number of ether oxygens (including phenoxy) is 1. The SMILES string of the molecule is Cc1ncc(Oc2cccc(C(F)(F)F)c2)c(C2=NOC[C@@H](Cc3ccc(C4CC4)cc3C)N2)n1. The van der Waals surface area contributed by atoms with Crippen molar-refractivity contribution in [2.45, 2.75) is 51.2 Å². The lowest BCUT2D eigenvalue weighted by molar-refractivity contribution is -0.137. The maximum atomic E-state index is 13.1. The smallest absolute Gasteiger partial charge is 0.416 e. The molecule has 1 aliphatic carbocycles. The highest BCUT2D eigenvalue weighted by Crippen LogP contribution is 2.40. The van der Waals surface area contributed by atoms with Crippen molar-refractivity contribution in [2.75, 3.05) is 6.61 Å². The van der Waals surface area contributed by atoms with Gasteiger partial charge in [-0.15, -0.1) is 0 Å². The van der Waals surface area contributed by atoms with Gasteiger partial charge in [-0.3, -0.25) is 0 Å². The first-order chi connectivity index (χ1) is 16.8. The molecule has 2 aliphatic rings. The van der Waals surface area contributed by atoms with Gasteiger partial charge in [0.25, 0.3) is 0 Å². The van der Waals surface area contributed by atoms with Crippen molar-refractivity contribution in [1.29, 1.82) is 0 Å². The Kier molecular flexibility index (Phi) is 6.08. The quantitative estimate of drug-likeness (QED) is 0.490. The minimum atomic E-state index is -4.48. The average molecular weight is 483 g/mol. The summed E-state index contributed by atoms with van der Waals surface area (Å²) in [5.41, 5.74) is 3.38. The number of nitrogens with one attached hydrogen (secondary N) is 1. The fourth-order valence-corrected chi connectivity index (χ4v) is 4.13. The molecule has 1 aromatic heterocycles. The molecule has 35 heavy (non-hydrogen) atoms. The van der Waals surface area contributed by atoms with Crippen molar-refractivity contribution >= 4 is 5.84 Å². The third-order valence-corrected chi connectivity index (χ3v) is 6.14. The van der Waals surface area contributed by atoms with E-state index < -0.39 is 11.7 Å². The number of amidine groups is 1. The second-order valence-corrected chi connectivity index (χ2v) is 9.00. The lowest BCUT2D eigenvalue weighted by atomic mass is 9.97. The molecule has 0 saturated heterocycles. The first-order valence-electron chi connectivity index (χ1n) is 11.5. The predicted octanol–water partition coefficient (Wildman–Crippen LogP) is 5.67. The van der Waals surface area contributed by atoms with Crippen molar-refractivity contribution in [3.05, 3.63) is 82.4 Å². The van der Waals surface area contributed by atoms with Gasteiger partial charge >= 0.3 is 6.18 Å². The monoisotopic (exact) mass is 482 g/mol. The van der Waals surface area contributed by atoms with Crippen molar-refractivity contribution in [2.24, 2.45) is 5.16 Å². The fraction of sp³-hybridized carbons (Fsp3) is 0.346. The molecule has 1 saturated carbocycles. The molecule has 0 unspecified atom stereocenters. The molecule has 0 bridgehead atoms. The Morgan fingerprint density at radius 3 is 2.69 bits per heavy atom. The molecule has 9 heteroatoms. The van der Waals surface area contributed by atoms with Crippen molar-refractivity contribution in [1.82, 2.24) is 15.3 Å². The fourth-order valence-electron chi connectivity index (χ4n) is 4.13. The van der Waals surface area contributed by atoms with E-state index in [1.165, 1.54) is 47.9 Å². The standard InChI is InChI=1S/C26H25F3N4O2/c1-15-10-19(17-6-7-17)9-8-18(15)11-21-14-34-33-25(32-21)24-23(13-30-16(2)31-24)35-22-5-3-4-20(12-22)26(27,28)29/h3-5,8-10,12-13,17,21H,6-7,11,14H2,1-2H3,(H,32,33)/t21-/m1/s1. The Morgan fingerprint density at radius 2 is 1.94 bits per heavy atom. The number of halogens is 3. The largest absolute Gasteiger partial charge is 0.453 e. The number of aryl methyl sites for hydroxylation is 2. The molecular weight excluding hydrogens is 457 g/mol. The molecule has 2 aromatic carbocycles. The average Bonchev–Trinajstić information content (AvgIpc) is 3.67. The number of hydrogen-bond donors (Lipinski definition) is 1. The van der Waals surface area contributed by atoms with E-state index in [0.29, 0.717) is 29.9 Å². The maximum Gasteiger partial charge on any atom is 0.416 e. The lowest BCUT2D eigenvalue weighted by Crippen LogP contribution is -2.44. The van der Waals surface area contributed by atoms with Crippen molar-refractivity contribution in [3.63, 3.8) is 0 Å². The van der Waals surface area contributed by atoms with Gasteiger partial charge in [0.15, 0.2) is 17.3 Å². The van der Waals surface area contributed by atoms with Crippen LogP contribution in [0.4, 0.5) is 13.2 Å². The van der Waals surface area contributed by atoms with E-state index in [1.54, 1.807) is 6.92 Å². The maximum absolute atomic E-state index is 13.1. The first kappa shape index (κ1) is 23.1. The van der Waals surface area contributed by atoms with Gasteiger partial charge in [0, 0.05) is 0 Å². The van der Waals surface area contributed by atoms with Gasteiger partial charge in [-0.2, -0.15) is 13.2 Å². The molecule has 5 rings (SSSR count). The van der Waals surface area contributed by atoms with E-state index in [1.807, 2.05) is 0 Å². The van der Waals surface area contributed by atoms with E-state index in [0.717, 1.165) is 18.6 Å². The van der Waals surface area contributed by atoms with E-state index >= 15 is 0 Å². The zero-order valence-corrected chi connectivity index (χ0v) is 19.4. The number of alkyl halides is 3. The van der Waals surface area contributed by atoms with Gasteiger partial charge in [-0.1, -0.05) is 29.4 Å². The summed E-state index contributed by atoms with van der Waals surface area (Å²) < 4.78 is 45.1. The summed E-state index contributed by atoms with van der Waals surface area (Å²) in [4.78, 5) is 14.1. The Bertz CT molecular complexity index is 1270. The molecule has 0 spiro atoms. The normalized spacial score (nSPS) is 17.9. The van der Waals surface area contributed by atoms with Crippen LogP contribution in [0.2, 0.25) is 0 Å². The van der Waals surface area contributed by atoms with E-state index in [9.17, 15) is 13.2 Å². The number of hydrogen-bond acceptors (Lipinski definition) is 6. The Morgan fingerprint density at radius 1 is 1.11 bits per heavy atom. The van der Waals surface area contributed by atoms with Crippen LogP contribution in [0.1, 0.15) is 52.5 Å². The summed E-state index contributed by atoms with van der Waals surface area (Å²) in [6.07, 6.45) is 0.201. The molecule has 1 aliphatic heterocycles. The lowest BCUT2D eigenvalue weighted by Gasteiger charge is -2.25. The third kappa shape index (κ3) is 5.39. The number of nitrogens with zero attached hydrogens (tertiary/aromatic N) is 3. The second-order valence-electron chi connectivity index (χ2n) is 9.00. The van der Waals surface area contributed by atoms with Crippen molar-refractivity contribution in [3.8, 4) is 11.5 Å².